The first-order valence-electron chi connectivity index (χ1n) is 6.18. The molecule has 1 aromatic rings. The lowest BCUT2D eigenvalue weighted by atomic mass is 10.3. The lowest BCUT2D eigenvalue weighted by Crippen LogP contribution is -2.44. The number of nitrogens with zero attached hydrogens (tertiary/aromatic N) is 2. The second-order valence-corrected chi connectivity index (χ2v) is 3.88. The fourth-order valence-corrected chi connectivity index (χ4v) is 1.65. The van der Waals surface area contributed by atoms with Crippen LogP contribution >= 0.6 is 0 Å². The van der Waals surface area contributed by atoms with Crippen molar-refractivity contribution in [2.24, 2.45) is 16.5 Å². The van der Waals surface area contributed by atoms with Crippen molar-refractivity contribution in [3.8, 4) is 5.75 Å². The minimum atomic E-state index is -0.819. The summed E-state index contributed by atoms with van der Waals surface area (Å²) in [5.41, 5.74) is 10.7. The molecule has 6 heteroatoms. The summed E-state index contributed by atoms with van der Waals surface area (Å²) >= 11 is 0. The number of para-hydroxylation sites is 1. The molecule has 0 amide bonds. The number of esters is 1. The summed E-state index contributed by atoms with van der Waals surface area (Å²) in [7, 11) is 0. The number of hydrogen-bond acceptors (Lipinski definition) is 4. The molecule has 0 aliphatic carbocycles. The predicted molar refractivity (Wildman–Crippen MR) is 74.6 cm³/mol. The summed E-state index contributed by atoms with van der Waals surface area (Å²) in [5, 5.41) is 0. The minimum absolute atomic E-state index is 0.137. The van der Waals surface area contributed by atoms with E-state index in [-0.39, 0.29) is 5.96 Å². The number of nitrogens with two attached hydrogens (primary N) is 2. The standard InChI is InChI=1S/C13H20N4O2/c1-3-17(4-2)11(16-13(14)15)12(18)19-10-8-6-5-7-9-10/h5-9,11H,3-4H2,1-2H3,(H4,14,15,16). The van der Waals surface area contributed by atoms with Crippen LogP contribution in [-0.4, -0.2) is 36.1 Å². The predicted octanol–water partition coefficient (Wildman–Crippen LogP) is 0.533. The van der Waals surface area contributed by atoms with Gasteiger partial charge < -0.3 is 16.2 Å². The van der Waals surface area contributed by atoms with Crippen LogP contribution in [-0.2, 0) is 4.79 Å². The quantitative estimate of drug-likeness (QED) is 0.338. The van der Waals surface area contributed by atoms with Crippen LogP contribution in [0, 0.1) is 0 Å². The molecule has 104 valence electrons. The molecule has 0 saturated heterocycles. The van der Waals surface area contributed by atoms with Gasteiger partial charge in [0.15, 0.2) is 5.96 Å². The number of carbonyl (C=O) groups excluding carboxylic acids is 1. The van der Waals surface area contributed by atoms with Crippen molar-refractivity contribution in [2.75, 3.05) is 13.1 Å². The lowest BCUT2D eigenvalue weighted by molar-refractivity contribution is -0.140. The summed E-state index contributed by atoms with van der Waals surface area (Å²) in [6, 6.07) is 8.82. The highest BCUT2D eigenvalue weighted by Gasteiger charge is 2.25. The van der Waals surface area contributed by atoms with Crippen molar-refractivity contribution >= 4 is 11.9 Å². The van der Waals surface area contributed by atoms with Crippen LogP contribution in [0.4, 0.5) is 0 Å². The van der Waals surface area contributed by atoms with E-state index < -0.39 is 12.1 Å². The Bertz CT molecular complexity index is 426. The zero-order valence-corrected chi connectivity index (χ0v) is 11.2. The van der Waals surface area contributed by atoms with E-state index >= 15 is 0 Å². The van der Waals surface area contributed by atoms with Crippen LogP contribution in [0.3, 0.4) is 0 Å². The Labute approximate surface area is 113 Å². The molecular formula is C13H20N4O2. The number of hydrogen-bond donors (Lipinski definition) is 2. The Morgan fingerprint density at radius 3 is 2.32 bits per heavy atom. The third kappa shape index (κ3) is 4.59. The molecule has 6 nitrogen and oxygen atoms in total. The Morgan fingerprint density at radius 2 is 1.84 bits per heavy atom. The van der Waals surface area contributed by atoms with Crippen molar-refractivity contribution < 1.29 is 9.53 Å². The van der Waals surface area contributed by atoms with Crippen LogP contribution in [0.25, 0.3) is 0 Å². The normalized spacial score (nSPS) is 11.9. The summed E-state index contributed by atoms with van der Waals surface area (Å²) in [6.45, 7) is 5.13. The maximum Gasteiger partial charge on any atom is 0.351 e. The molecule has 1 aromatic carbocycles. The van der Waals surface area contributed by atoms with Gasteiger partial charge in [0.1, 0.15) is 5.75 Å². The monoisotopic (exact) mass is 264 g/mol. The second kappa shape index (κ2) is 7.38. The summed E-state index contributed by atoms with van der Waals surface area (Å²) < 4.78 is 5.26. The summed E-state index contributed by atoms with van der Waals surface area (Å²) in [5.74, 6) is -0.166. The molecule has 0 spiro atoms. The van der Waals surface area contributed by atoms with E-state index in [1.54, 1.807) is 24.3 Å². The van der Waals surface area contributed by atoms with Gasteiger partial charge in [-0.2, -0.15) is 0 Å². The van der Waals surface area contributed by atoms with Crippen molar-refractivity contribution in [1.29, 1.82) is 0 Å². The highest BCUT2D eigenvalue weighted by atomic mass is 16.5. The lowest BCUT2D eigenvalue weighted by Gasteiger charge is -2.24. The molecule has 0 bridgehead atoms. The number of rotatable bonds is 6. The fraction of sp³-hybridized carbons (Fsp3) is 0.385. The Morgan fingerprint density at radius 1 is 1.26 bits per heavy atom. The number of carbonyl (C=O) groups is 1. The largest absolute Gasteiger partial charge is 0.424 e. The van der Waals surface area contributed by atoms with Crippen LogP contribution in [0.15, 0.2) is 35.3 Å². The number of aliphatic imine (C=N–C) groups is 1. The van der Waals surface area contributed by atoms with E-state index in [2.05, 4.69) is 4.99 Å². The van der Waals surface area contributed by atoms with Gasteiger partial charge in [-0.25, -0.2) is 9.79 Å². The molecule has 0 aliphatic rings. The Hall–Kier alpha value is -2.08. The average molecular weight is 264 g/mol. The Balaban J connectivity index is 2.86. The molecule has 0 radical (unpaired) electrons. The first-order valence-corrected chi connectivity index (χ1v) is 6.18. The summed E-state index contributed by atoms with van der Waals surface area (Å²) in [4.78, 5) is 17.9. The van der Waals surface area contributed by atoms with E-state index in [1.165, 1.54) is 0 Å². The van der Waals surface area contributed by atoms with Gasteiger partial charge in [-0.3, -0.25) is 4.90 Å². The van der Waals surface area contributed by atoms with Crippen molar-refractivity contribution in [3.63, 3.8) is 0 Å². The Kier molecular flexibility index (Phi) is 5.81. The number of likely N-dealkylation sites (N-methyl/N-ethyl adjacent to an activating group) is 1. The molecule has 0 fully saturated rings. The first-order chi connectivity index (χ1) is 9.08. The maximum atomic E-state index is 12.1. The maximum absolute atomic E-state index is 12.1. The van der Waals surface area contributed by atoms with E-state index in [9.17, 15) is 4.79 Å². The van der Waals surface area contributed by atoms with E-state index in [0.717, 1.165) is 0 Å². The minimum Gasteiger partial charge on any atom is -0.424 e. The van der Waals surface area contributed by atoms with Gasteiger partial charge in [-0.1, -0.05) is 32.0 Å². The number of guanidine groups is 1. The highest BCUT2D eigenvalue weighted by molar-refractivity contribution is 5.83. The zero-order valence-electron chi connectivity index (χ0n) is 11.2. The van der Waals surface area contributed by atoms with E-state index in [0.29, 0.717) is 18.8 Å². The van der Waals surface area contributed by atoms with Gasteiger partial charge in [0.2, 0.25) is 6.17 Å². The third-order valence-electron chi connectivity index (χ3n) is 2.60. The number of ether oxygens (including phenoxy) is 1. The molecule has 1 unspecified atom stereocenters. The van der Waals surface area contributed by atoms with Gasteiger partial charge in [-0.15, -0.1) is 0 Å². The fourth-order valence-electron chi connectivity index (χ4n) is 1.65. The summed E-state index contributed by atoms with van der Waals surface area (Å²) in [6.07, 6.45) is -0.819. The SMILES string of the molecule is CCN(CC)C(N=C(N)N)C(=O)Oc1ccccc1. The van der Waals surface area contributed by atoms with Gasteiger partial charge in [-0.05, 0) is 25.2 Å². The van der Waals surface area contributed by atoms with Crippen LogP contribution in [0.1, 0.15) is 13.8 Å². The zero-order chi connectivity index (χ0) is 14.3. The molecule has 0 aromatic heterocycles. The number of benzene rings is 1. The van der Waals surface area contributed by atoms with Crippen molar-refractivity contribution in [2.45, 2.75) is 20.0 Å². The molecule has 0 aliphatic heterocycles. The first kappa shape index (κ1) is 15.0. The smallest absolute Gasteiger partial charge is 0.351 e. The molecular weight excluding hydrogens is 244 g/mol. The average Bonchev–Trinajstić information content (AvgIpc) is 2.39. The molecule has 1 atom stereocenters. The van der Waals surface area contributed by atoms with E-state index in [4.69, 9.17) is 16.2 Å². The van der Waals surface area contributed by atoms with E-state index in [1.807, 2.05) is 24.8 Å². The molecule has 19 heavy (non-hydrogen) atoms. The van der Waals surface area contributed by atoms with Crippen LogP contribution in [0.2, 0.25) is 0 Å². The topological polar surface area (TPSA) is 93.9 Å². The van der Waals surface area contributed by atoms with Gasteiger partial charge in [0.25, 0.3) is 0 Å². The van der Waals surface area contributed by atoms with Crippen LogP contribution < -0.4 is 16.2 Å². The van der Waals surface area contributed by atoms with Gasteiger partial charge in [0, 0.05) is 0 Å². The molecule has 1 rings (SSSR count). The molecule has 0 heterocycles. The molecule has 0 saturated carbocycles. The van der Waals surface area contributed by atoms with Crippen molar-refractivity contribution in [3.05, 3.63) is 30.3 Å². The highest BCUT2D eigenvalue weighted by Crippen LogP contribution is 2.12. The van der Waals surface area contributed by atoms with Gasteiger partial charge >= 0.3 is 5.97 Å². The second-order valence-electron chi connectivity index (χ2n) is 3.88. The van der Waals surface area contributed by atoms with Crippen LogP contribution in [0.5, 0.6) is 5.75 Å². The third-order valence-corrected chi connectivity index (χ3v) is 2.60. The van der Waals surface area contributed by atoms with Crippen molar-refractivity contribution in [1.82, 2.24) is 4.90 Å². The van der Waals surface area contributed by atoms with Gasteiger partial charge in [0.05, 0.1) is 0 Å². The molecule has 4 N–H and O–H groups in total.